The van der Waals surface area contributed by atoms with Crippen LogP contribution >= 0.6 is 0 Å². The van der Waals surface area contributed by atoms with Gasteiger partial charge in [0, 0.05) is 38.0 Å². The molecule has 0 aliphatic heterocycles. The lowest BCUT2D eigenvalue weighted by Crippen LogP contribution is -2.22. The first-order chi connectivity index (χ1) is 8.93. The highest BCUT2D eigenvalue weighted by Gasteiger charge is 2.19. The van der Waals surface area contributed by atoms with Gasteiger partial charge in [0.15, 0.2) is 0 Å². The van der Waals surface area contributed by atoms with Crippen molar-refractivity contribution in [3.05, 3.63) is 41.2 Å². The molecule has 100 valence electrons. The molecule has 0 unspecified atom stereocenters. The first-order valence-electron chi connectivity index (χ1n) is 6.24. The van der Waals surface area contributed by atoms with Gasteiger partial charge in [0.2, 0.25) is 0 Å². The lowest BCUT2D eigenvalue weighted by Gasteiger charge is -2.14. The Balaban J connectivity index is 2.66. The molecule has 1 amide bonds. The Morgan fingerprint density at radius 1 is 1.21 bits per heavy atom. The van der Waals surface area contributed by atoms with Crippen LogP contribution in [0.15, 0.2) is 24.3 Å². The second kappa shape index (κ2) is 4.88. The predicted octanol–water partition coefficient (Wildman–Crippen LogP) is 2.41. The molecule has 4 heteroatoms. The van der Waals surface area contributed by atoms with Crippen molar-refractivity contribution in [1.82, 2.24) is 14.7 Å². The summed E-state index contributed by atoms with van der Waals surface area (Å²) in [6.45, 7) is 3.99. The molecule has 0 atom stereocenters. The molecule has 0 saturated carbocycles. The summed E-state index contributed by atoms with van der Waals surface area (Å²) in [7, 11) is 5.45. The van der Waals surface area contributed by atoms with Gasteiger partial charge in [-0.05, 0) is 25.5 Å². The fourth-order valence-electron chi connectivity index (χ4n) is 2.29. The predicted molar refractivity (Wildman–Crippen MR) is 76.1 cm³/mol. The maximum atomic E-state index is 12.3. The van der Waals surface area contributed by atoms with Gasteiger partial charge in [-0.25, -0.2) is 0 Å². The molecule has 1 heterocycles. The zero-order valence-electron chi connectivity index (χ0n) is 12.1. The van der Waals surface area contributed by atoms with Crippen LogP contribution in [0.5, 0.6) is 0 Å². The molecule has 0 saturated heterocycles. The van der Waals surface area contributed by atoms with Crippen molar-refractivity contribution in [3.8, 4) is 11.1 Å². The molecule has 4 nitrogen and oxygen atoms in total. The maximum absolute atomic E-state index is 12.3. The largest absolute Gasteiger partial charge is 0.345 e. The van der Waals surface area contributed by atoms with E-state index in [0.717, 1.165) is 22.5 Å². The van der Waals surface area contributed by atoms with Crippen molar-refractivity contribution >= 4 is 5.91 Å². The van der Waals surface area contributed by atoms with Gasteiger partial charge in [-0.3, -0.25) is 9.48 Å². The zero-order valence-corrected chi connectivity index (χ0v) is 12.1. The monoisotopic (exact) mass is 257 g/mol. The number of amides is 1. The Morgan fingerprint density at radius 2 is 1.84 bits per heavy atom. The van der Waals surface area contributed by atoms with Gasteiger partial charge in [-0.15, -0.1) is 0 Å². The van der Waals surface area contributed by atoms with Crippen molar-refractivity contribution in [2.24, 2.45) is 7.05 Å². The minimum Gasteiger partial charge on any atom is -0.345 e. The Labute approximate surface area is 113 Å². The third-order valence-corrected chi connectivity index (χ3v) is 3.34. The zero-order chi connectivity index (χ0) is 14.2. The Bertz CT molecular complexity index is 626. The summed E-state index contributed by atoms with van der Waals surface area (Å²) >= 11 is 0. The normalized spacial score (nSPS) is 10.6. The standard InChI is InChI=1S/C15H19N3O/c1-10-14(11(2)18(5)16-10)12-8-6-7-9-13(12)15(19)17(3)4/h6-9H,1-5H3. The molecule has 0 aliphatic rings. The molecule has 0 fully saturated rings. The van der Waals surface area contributed by atoms with Gasteiger partial charge in [0.25, 0.3) is 5.91 Å². The Kier molecular flexibility index (Phi) is 3.42. The van der Waals surface area contributed by atoms with Crippen molar-refractivity contribution in [2.75, 3.05) is 14.1 Å². The molecular weight excluding hydrogens is 238 g/mol. The third-order valence-electron chi connectivity index (χ3n) is 3.34. The number of carbonyl (C=O) groups excluding carboxylic acids is 1. The van der Waals surface area contributed by atoms with Crippen molar-refractivity contribution in [1.29, 1.82) is 0 Å². The van der Waals surface area contributed by atoms with E-state index in [1.165, 1.54) is 0 Å². The third kappa shape index (κ3) is 2.26. The summed E-state index contributed by atoms with van der Waals surface area (Å²) in [6.07, 6.45) is 0. The van der Waals surface area contributed by atoms with Crippen LogP contribution in [0.3, 0.4) is 0 Å². The van der Waals surface area contributed by atoms with Gasteiger partial charge in [0.05, 0.1) is 5.69 Å². The van der Waals surface area contributed by atoms with Crippen LogP contribution in [0, 0.1) is 13.8 Å². The van der Waals surface area contributed by atoms with Crippen molar-refractivity contribution < 1.29 is 4.79 Å². The number of hydrogen-bond acceptors (Lipinski definition) is 2. The van der Waals surface area contributed by atoms with Crippen LogP contribution in [-0.2, 0) is 7.05 Å². The first kappa shape index (κ1) is 13.3. The number of benzene rings is 1. The van der Waals surface area contributed by atoms with Gasteiger partial charge in [-0.2, -0.15) is 5.10 Å². The summed E-state index contributed by atoms with van der Waals surface area (Å²) in [6, 6.07) is 7.69. The van der Waals surface area contributed by atoms with Crippen LogP contribution in [-0.4, -0.2) is 34.7 Å². The summed E-state index contributed by atoms with van der Waals surface area (Å²) in [5.41, 5.74) is 4.72. The molecule has 0 N–H and O–H groups in total. The summed E-state index contributed by atoms with van der Waals surface area (Å²) in [5, 5.41) is 4.42. The first-order valence-corrected chi connectivity index (χ1v) is 6.24. The molecular formula is C15H19N3O. The van der Waals surface area contributed by atoms with Crippen molar-refractivity contribution in [3.63, 3.8) is 0 Å². The molecule has 0 bridgehead atoms. The van der Waals surface area contributed by atoms with E-state index in [1.807, 2.05) is 49.8 Å². The van der Waals surface area contributed by atoms with E-state index >= 15 is 0 Å². The van der Waals surface area contributed by atoms with Gasteiger partial charge in [0.1, 0.15) is 0 Å². The fourth-order valence-corrected chi connectivity index (χ4v) is 2.29. The Morgan fingerprint density at radius 3 is 2.37 bits per heavy atom. The second-order valence-corrected chi connectivity index (χ2v) is 4.91. The van der Waals surface area contributed by atoms with E-state index in [1.54, 1.807) is 19.0 Å². The average molecular weight is 257 g/mol. The summed E-state index contributed by atoms with van der Waals surface area (Å²) in [5.74, 6) is 0.0123. The van der Waals surface area contributed by atoms with E-state index in [-0.39, 0.29) is 5.91 Å². The molecule has 2 rings (SSSR count). The maximum Gasteiger partial charge on any atom is 0.253 e. The van der Waals surface area contributed by atoms with E-state index in [0.29, 0.717) is 5.56 Å². The molecule has 1 aromatic heterocycles. The number of rotatable bonds is 2. The number of hydrogen-bond donors (Lipinski definition) is 0. The topological polar surface area (TPSA) is 38.1 Å². The van der Waals surface area contributed by atoms with E-state index in [4.69, 9.17) is 0 Å². The van der Waals surface area contributed by atoms with Gasteiger partial charge >= 0.3 is 0 Å². The van der Waals surface area contributed by atoms with Crippen LogP contribution < -0.4 is 0 Å². The fraction of sp³-hybridized carbons (Fsp3) is 0.333. The number of aryl methyl sites for hydroxylation is 2. The quantitative estimate of drug-likeness (QED) is 0.828. The van der Waals surface area contributed by atoms with E-state index < -0.39 is 0 Å². The SMILES string of the molecule is Cc1nn(C)c(C)c1-c1ccccc1C(=O)N(C)C. The molecule has 0 radical (unpaired) electrons. The molecule has 19 heavy (non-hydrogen) atoms. The minimum atomic E-state index is 0.0123. The Hall–Kier alpha value is -2.10. The van der Waals surface area contributed by atoms with E-state index in [2.05, 4.69) is 5.10 Å². The van der Waals surface area contributed by atoms with Crippen LogP contribution in [0.1, 0.15) is 21.7 Å². The average Bonchev–Trinajstić information content (AvgIpc) is 2.62. The van der Waals surface area contributed by atoms with Crippen LogP contribution in [0.2, 0.25) is 0 Å². The number of carbonyl (C=O) groups is 1. The van der Waals surface area contributed by atoms with Gasteiger partial charge < -0.3 is 4.90 Å². The number of nitrogens with zero attached hydrogens (tertiary/aromatic N) is 3. The number of aromatic nitrogens is 2. The molecule has 2 aromatic rings. The van der Waals surface area contributed by atoms with Crippen LogP contribution in [0.25, 0.3) is 11.1 Å². The van der Waals surface area contributed by atoms with Crippen molar-refractivity contribution in [2.45, 2.75) is 13.8 Å². The summed E-state index contributed by atoms with van der Waals surface area (Å²) in [4.78, 5) is 13.9. The summed E-state index contributed by atoms with van der Waals surface area (Å²) < 4.78 is 1.85. The van der Waals surface area contributed by atoms with Gasteiger partial charge in [-0.1, -0.05) is 18.2 Å². The lowest BCUT2D eigenvalue weighted by atomic mass is 9.97. The van der Waals surface area contributed by atoms with Crippen LogP contribution in [0.4, 0.5) is 0 Å². The molecule has 1 aromatic carbocycles. The highest BCUT2D eigenvalue weighted by Crippen LogP contribution is 2.29. The minimum absolute atomic E-state index is 0.0123. The molecule has 0 aliphatic carbocycles. The highest BCUT2D eigenvalue weighted by atomic mass is 16.2. The smallest absolute Gasteiger partial charge is 0.253 e. The highest BCUT2D eigenvalue weighted by molar-refractivity contribution is 6.01. The lowest BCUT2D eigenvalue weighted by molar-refractivity contribution is 0.0828. The second-order valence-electron chi connectivity index (χ2n) is 4.91. The molecule has 0 spiro atoms. The van der Waals surface area contributed by atoms with E-state index in [9.17, 15) is 4.79 Å².